The van der Waals surface area contributed by atoms with E-state index in [1.54, 1.807) is 30.5 Å². The number of carbonyl (C=O) groups is 1. The molecule has 1 amide bonds. The van der Waals surface area contributed by atoms with Gasteiger partial charge in [-0.3, -0.25) is 28.9 Å². The van der Waals surface area contributed by atoms with Gasteiger partial charge in [0.2, 0.25) is 5.88 Å². The maximum Gasteiger partial charge on any atom is 0.293 e. The van der Waals surface area contributed by atoms with Crippen LogP contribution in [0.5, 0.6) is 5.88 Å². The molecule has 67 heavy (non-hydrogen) atoms. The molecule has 1 aliphatic carbocycles. The molecule has 356 valence electrons. The number of H-pyrrole nitrogens is 1. The molecule has 0 spiro atoms. The second-order valence-corrected chi connectivity index (χ2v) is 22.6. The highest BCUT2D eigenvalue weighted by Crippen LogP contribution is 2.56. The number of nitrogens with one attached hydrogen (secondary N) is 3. The fourth-order valence-corrected chi connectivity index (χ4v) is 11.9. The number of carbonyl (C=O) groups excluding carboxylic acids is 1. The molecule has 3 aromatic carbocycles. The first kappa shape index (κ1) is 46.7. The predicted octanol–water partition coefficient (Wildman–Crippen LogP) is 9.06. The fraction of sp³-hybridized carbons (Fsp3) is 0.404. The molecule has 0 radical (unpaired) electrons. The van der Waals surface area contributed by atoms with Crippen LogP contribution in [0.3, 0.4) is 0 Å². The molecule has 0 bridgehead atoms. The summed E-state index contributed by atoms with van der Waals surface area (Å²) in [6, 6.07) is 19.8. The maximum atomic E-state index is 14.4. The number of fused-ring (bicyclic) bond motifs is 2. The zero-order valence-corrected chi connectivity index (χ0v) is 39.8. The van der Waals surface area contributed by atoms with E-state index in [1.807, 2.05) is 12.1 Å². The van der Waals surface area contributed by atoms with Gasteiger partial charge in [-0.15, -0.1) is 10.8 Å². The Bertz CT molecular complexity index is 2820. The number of hydrogen-bond donors (Lipinski definition) is 5. The number of aromatic amines is 1. The van der Waals surface area contributed by atoms with Crippen molar-refractivity contribution in [1.29, 1.82) is 0 Å². The average Bonchev–Trinajstić information content (AvgIpc) is 3.71. The smallest absolute Gasteiger partial charge is 0.293 e. The van der Waals surface area contributed by atoms with Gasteiger partial charge in [-0.1, -0.05) is 43.2 Å². The lowest BCUT2D eigenvalue weighted by Gasteiger charge is -2.43. The van der Waals surface area contributed by atoms with Crippen molar-refractivity contribution in [3.63, 3.8) is 0 Å². The van der Waals surface area contributed by atoms with Crippen molar-refractivity contribution in [3.05, 3.63) is 111 Å². The largest absolute Gasteiger partial charge is 0.474 e. The summed E-state index contributed by atoms with van der Waals surface area (Å²) in [5.41, 5.74) is 5.02. The van der Waals surface area contributed by atoms with E-state index in [0.29, 0.717) is 54.6 Å². The minimum atomic E-state index is -4.71. The van der Waals surface area contributed by atoms with Gasteiger partial charge in [0.1, 0.15) is 23.6 Å². The van der Waals surface area contributed by atoms with Gasteiger partial charge in [0.15, 0.2) is 0 Å². The minimum absolute atomic E-state index is 0.0114. The standard InChI is InChI=1S/C47H55ClN8O9S2/c1-47(2)15-11-34(39(28-47)32-3-5-35(48)6-4-32)30-53-17-19-54(20-18-53)36-7-9-38(41(26-36)55-43-25-33-12-16-49-44(33)51-46(43)65-23-24-66(55,60)61)45(57)52-67(62,63)37-8-10-40(42(27-37)56(58)59)50-29-31-13-21-64-22-14-31/h3-10,12,16,25-27,31,50,60-61H,11,13-15,17-24,28-30H2,1-2H3,(H,49,51)(H,52,57). The van der Waals surface area contributed by atoms with E-state index in [4.69, 9.17) is 21.1 Å². The van der Waals surface area contributed by atoms with Gasteiger partial charge in [0.25, 0.3) is 21.6 Å². The second kappa shape index (κ2) is 18.9. The average molecular weight is 976 g/mol. The number of rotatable bonds is 12. The summed E-state index contributed by atoms with van der Waals surface area (Å²) in [5.74, 6) is -1.02. The lowest BCUT2D eigenvalue weighted by Crippen LogP contribution is -2.47. The molecule has 5 heterocycles. The Labute approximate surface area is 396 Å². The van der Waals surface area contributed by atoms with Crippen molar-refractivity contribution in [1.82, 2.24) is 19.6 Å². The highest BCUT2D eigenvalue weighted by molar-refractivity contribution is 8.25. The van der Waals surface area contributed by atoms with Gasteiger partial charge in [-0.05, 0) is 109 Å². The quantitative estimate of drug-likeness (QED) is 0.0583. The Morgan fingerprint density at radius 2 is 1.76 bits per heavy atom. The fourth-order valence-electron chi connectivity index (χ4n) is 9.39. The summed E-state index contributed by atoms with van der Waals surface area (Å²) >= 11 is 6.26. The highest BCUT2D eigenvalue weighted by atomic mass is 35.5. The van der Waals surface area contributed by atoms with E-state index in [1.165, 1.54) is 39.2 Å². The Morgan fingerprint density at radius 1 is 1.00 bits per heavy atom. The summed E-state index contributed by atoms with van der Waals surface area (Å²) in [7, 11) is -8.49. The molecule has 17 nitrogen and oxygen atoms in total. The van der Waals surface area contributed by atoms with Crippen LogP contribution in [0, 0.1) is 21.4 Å². The van der Waals surface area contributed by atoms with E-state index in [0.717, 1.165) is 57.8 Å². The number of aromatic nitrogens is 2. The molecule has 5 N–H and O–H groups in total. The van der Waals surface area contributed by atoms with E-state index in [-0.39, 0.29) is 52.2 Å². The van der Waals surface area contributed by atoms with Gasteiger partial charge in [-0.25, -0.2) is 17.4 Å². The number of allylic oxidation sites excluding steroid dienone is 1. The maximum absolute atomic E-state index is 14.4. The van der Waals surface area contributed by atoms with E-state index in [2.05, 4.69) is 55.8 Å². The summed E-state index contributed by atoms with van der Waals surface area (Å²) in [6.45, 7) is 9.70. The van der Waals surface area contributed by atoms with Gasteiger partial charge >= 0.3 is 0 Å². The first-order valence-electron chi connectivity index (χ1n) is 22.5. The molecule has 9 rings (SSSR count). The number of sulfonamides is 1. The monoisotopic (exact) mass is 974 g/mol. The van der Waals surface area contributed by atoms with Crippen molar-refractivity contribution in [2.75, 3.05) is 79.4 Å². The third-order valence-corrected chi connectivity index (χ3v) is 16.5. The van der Waals surface area contributed by atoms with Crippen LogP contribution in [0.1, 0.15) is 61.9 Å². The molecule has 2 aromatic heterocycles. The third-order valence-electron chi connectivity index (χ3n) is 13.2. The zero-order valence-electron chi connectivity index (χ0n) is 37.4. The first-order chi connectivity index (χ1) is 32.0. The molecule has 5 aromatic rings. The summed E-state index contributed by atoms with van der Waals surface area (Å²) in [6.07, 6.45) is 6.35. The number of nitro benzene ring substituents is 1. The first-order valence-corrected chi connectivity index (χ1v) is 26.0. The van der Waals surface area contributed by atoms with Crippen LogP contribution >= 0.6 is 22.4 Å². The zero-order chi connectivity index (χ0) is 47.1. The molecule has 4 aliphatic rings. The molecule has 20 heteroatoms. The van der Waals surface area contributed by atoms with Crippen LogP contribution in [0.15, 0.2) is 89.5 Å². The van der Waals surface area contributed by atoms with Crippen molar-refractivity contribution in [2.45, 2.75) is 50.8 Å². The summed E-state index contributed by atoms with van der Waals surface area (Å²) < 4.78 is 66.5. The molecule has 2 saturated heterocycles. The molecule has 0 saturated carbocycles. The van der Waals surface area contributed by atoms with Crippen LogP contribution in [-0.4, -0.2) is 108 Å². The van der Waals surface area contributed by atoms with Crippen LogP contribution in [-0.2, 0) is 14.8 Å². The van der Waals surface area contributed by atoms with E-state index >= 15 is 0 Å². The summed E-state index contributed by atoms with van der Waals surface area (Å²) in [5, 5.41) is 16.6. The van der Waals surface area contributed by atoms with Gasteiger partial charge in [-0.2, -0.15) is 4.98 Å². The van der Waals surface area contributed by atoms with Gasteiger partial charge in [0.05, 0.1) is 26.8 Å². The van der Waals surface area contributed by atoms with Crippen molar-refractivity contribution in [2.24, 2.45) is 11.3 Å². The lowest BCUT2D eigenvalue weighted by atomic mass is 9.72. The number of nitro groups is 1. The van der Waals surface area contributed by atoms with Crippen molar-refractivity contribution >= 4 is 83.4 Å². The summed E-state index contributed by atoms with van der Waals surface area (Å²) in [4.78, 5) is 37.7. The topological polar surface area (TPSA) is 216 Å². The Hall–Kier alpha value is -5.41. The molecule has 0 atom stereocenters. The molecule has 2 fully saturated rings. The number of benzene rings is 3. The molecular weight excluding hydrogens is 920 g/mol. The predicted molar refractivity (Wildman–Crippen MR) is 262 cm³/mol. The van der Waals surface area contributed by atoms with Gasteiger partial charge in [0, 0.05) is 80.8 Å². The molecular formula is C47H55ClN8O9S2. The Kier molecular flexibility index (Phi) is 13.2. The number of pyridine rings is 1. The van der Waals surface area contributed by atoms with E-state index in [9.17, 15) is 32.4 Å². The van der Waals surface area contributed by atoms with Crippen LogP contribution in [0.2, 0.25) is 5.02 Å². The van der Waals surface area contributed by atoms with Crippen LogP contribution < -0.4 is 24.0 Å². The van der Waals surface area contributed by atoms with Crippen LogP contribution in [0.4, 0.5) is 28.4 Å². The van der Waals surface area contributed by atoms with Crippen molar-refractivity contribution in [3.8, 4) is 5.88 Å². The van der Waals surface area contributed by atoms with Crippen LogP contribution in [0.25, 0.3) is 16.6 Å². The SMILES string of the molecule is CC1(C)CCC(CN2CCN(c3ccc(C(=O)NS(=O)(=O)c4ccc(NCC5CCOCC5)c([N+](=O)[O-])c4)c(N4c5cc6cc[nH]c6nc5OCCS4(O)O)c3)CC2)=C(c2ccc(Cl)cc2)C1. The van der Waals surface area contributed by atoms with E-state index < -0.39 is 42.2 Å². The number of anilines is 4. The molecule has 0 unspecified atom stereocenters. The molecule has 3 aliphatic heterocycles. The number of amides is 1. The third kappa shape index (κ3) is 10.2. The number of halogens is 1. The number of piperazine rings is 1. The van der Waals surface area contributed by atoms with Crippen molar-refractivity contribution < 1.29 is 36.7 Å². The Morgan fingerprint density at radius 3 is 2.51 bits per heavy atom. The Balaban J connectivity index is 1.02. The minimum Gasteiger partial charge on any atom is -0.474 e. The second-order valence-electron chi connectivity index (χ2n) is 18.4. The normalized spacial score (nSPS) is 19.6. The highest BCUT2D eigenvalue weighted by Gasteiger charge is 2.37. The number of nitrogens with zero attached hydrogens (tertiary/aromatic N) is 5. The lowest BCUT2D eigenvalue weighted by molar-refractivity contribution is -0.384. The number of hydrogen-bond acceptors (Lipinski definition) is 14. The number of ether oxygens (including phenoxy) is 2. The van der Waals surface area contributed by atoms with Gasteiger partial charge < -0.3 is 24.7 Å².